The number of carbonyl (C=O) groups is 1. The van der Waals surface area contributed by atoms with E-state index in [1.54, 1.807) is 0 Å². The van der Waals surface area contributed by atoms with Gasteiger partial charge in [0.25, 0.3) is 0 Å². The van der Waals surface area contributed by atoms with Gasteiger partial charge in [0.2, 0.25) is 0 Å². The first-order chi connectivity index (χ1) is 17.6. The summed E-state index contributed by atoms with van der Waals surface area (Å²) in [6.45, 7) is 3.09. The predicted octanol–water partition coefficient (Wildman–Crippen LogP) is 0.502. The van der Waals surface area contributed by atoms with Crippen molar-refractivity contribution in [2.45, 2.75) is 147 Å². The van der Waals surface area contributed by atoms with Crippen molar-refractivity contribution < 1.29 is 55.1 Å². The van der Waals surface area contributed by atoms with Crippen LogP contribution in [0.2, 0.25) is 0 Å². The zero-order chi connectivity index (χ0) is 28.2. The summed E-state index contributed by atoms with van der Waals surface area (Å²) in [6, 6.07) is 0. The summed E-state index contributed by atoms with van der Waals surface area (Å²) in [5, 5.41) is 78.5. The Kier molecular flexibility index (Phi) is 21.7. The summed E-state index contributed by atoms with van der Waals surface area (Å²) in [6.07, 6.45) is -3.00. The van der Waals surface area contributed by atoms with Crippen LogP contribution in [-0.2, 0) is 14.3 Å². The topological polar surface area (TPSA) is 197 Å². The standard InChI is InChI=1S/C26H52O11/c1-3-5-6-7-8-9-10-11-13-18(12-4-2)36-25(34)24(33)22(31)20(15-17-28)37-26(35)23(32)21(30)19(29)14-16-27/h18-21,23-30,32-35H,3-17H2,1-2H3. The first-order valence-electron chi connectivity index (χ1n) is 13.8. The Morgan fingerprint density at radius 1 is 0.622 bits per heavy atom. The van der Waals surface area contributed by atoms with Crippen molar-refractivity contribution >= 4 is 5.78 Å². The van der Waals surface area contributed by atoms with Crippen molar-refractivity contribution in [1.29, 1.82) is 0 Å². The van der Waals surface area contributed by atoms with E-state index in [0.29, 0.717) is 12.8 Å². The lowest BCUT2D eigenvalue weighted by Crippen LogP contribution is -2.50. The molecule has 0 rings (SSSR count). The number of hydrogen-bond acceptors (Lipinski definition) is 11. The predicted molar refractivity (Wildman–Crippen MR) is 136 cm³/mol. The summed E-state index contributed by atoms with van der Waals surface area (Å²) in [7, 11) is 0. The van der Waals surface area contributed by atoms with Crippen LogP contribution in [0.15, 0.2) is 0 Å². The molecule has 37 heavy (non-hydrogen) atoms. The smallest absolute Gasteiger partial charge is 0.195 e. The fraction of sp³-hybridized carbons (Fsp3) is 0.962. The van der Waals surface area contributed by atoms with Crippen LogP contribution in [-0.4, -0.2) is 109 Å². The van der Waals surface area contributed by atoms with Crippen LogP contribution in [0.3, 0.4) is 0 Å². The van der Waals surface area contributed by atoms with E-state index in [2.05, 4.69) is 6.92 Å². The largest absolute Gasteiger partial charge is 0.396 e. The van der Waals surface area contributed by atoms with Crippen LogP contribution in [0.25, 0.3) is 0 Å². The third kappa shape index (κ3) is 15.4. The molecule has 0 aliphatic carbocycles. The van der Waals surface area contributed by atoms with E-state index in [4.69, 9.17) is 14.6 Å². The molecule has 222 valence electrons. The van der Waals surface area contributed by atoms with Gasteiger partial charge in [-0.2, -0.15) is 0 Å². The van der Waals surface area contributed by atoms with Gasteiger partial charge in [-0.3, -0.25) is 4.79 Å². The molecule has 11 nitrogen and oxygen atoms in total. The Bertz CT molecular complexity index is 551. The van der Waals surface area contributed by atoms with Crippen LogP contribution in [0.4, 0.5) is 0 Å². The molecule has 0 saturated heterocycles. The van der Waals surface area contributed by atoms with Gasteiger partial charge in [0.1, 0.15) is 18.3 Å². The number of hydrogen-bond donors (Lipinski definition) is 8. The van der Waals surface area contributed by atoms with E-state index in [1.807, 2.05) is 6.92 Å². The van der Waals surface area contributed by atoms with Gasteiger partial charge < -0.3 is 50.3 Å². The molecule has 0 aromatic rings. The molecule has 0 spiro atoms. The Morgan fingerprint density at radius 3 is 1.73 bits per heavy atom. The first-order valence-corrected chi connectivity index (χ1v) is 13.8. The fourth-order valence-electron chi connectivity index (χ4n) is 4.05. The molecule has 0 aromatic carbocycles. The number of Topliss-reactive ketones (excluding diaryl/α,β-unsaturated/α-hetero) is 1. The maximum atomic E-state index is 12.7. The van der Waals surface area contributed by atoms with Crippen molar-refractivity contribution in [3.63, 3.8) is 0 Å². The molecule has 0 bridgehead atoms. The summed E-state index contributed by atoms with van der Waals surface area (Å²) in [5.74, 6) is -1.08. The maximum absolute atomic E-state index is 12.7. The highest BCUT2D eigenvalue weighted by atomic mass is 16.6. The highest BCUT2D eigenvalue weighted by Crippen LogP contribution is 2.19. The number of carbonyl (C=O) groups excluding carboxylic acids is 1. The molecule has 8 atom stereocenters. The Hall–Kier alpha value is -0.730. The Morgan fingerprint density at radius 2 is 1.19 bits per heavy atom. The van der Waals surface area contributed by atoms with Gasteiger partial charge in [-0.1, -0.05) is 71.6 Å². The van der Waals surface area contributed by atoms with Crippen molar-refractivity contribution in [3.05, 3.63) is 0 Å². The molecule has 0 amide bonds. The van der Waals surface area contributed by atoms with E-state index in [0.717, 1.165) is 25.7 Å². The minimum atomic E-state index is -2.16. The fourth-order valence-corrected chi connectivity index (χ4v) is 4.05. The van der Waals surface area contributed by atoms with Gasteiger partial charge in [-0.15, -0.1) is 0 Å². The monoisotopic (exact) mass is 540 g/mol. The lowest BCUT2D eigenvalue weighted by molar-refractivity contribution is -0.230. The number of rotatable bonds is 25. The van der Waals surface area contributed by atoms with Gasteiger partial charge in [0, 0.05) is 19.6 Å². The van der Waals surface area contributed by atoms with Crippen LogP contribution in [0, 0.1) is 0 Å². The third-order valence-corrected chi connectivity index (χ3v) is 6.36. The zero-order valence-corrected chi connectivity index (χ0v) is 22.5. The van der Waals surface area contributed by atoms with Gasteiger partial charge in [0.15, 0.2) is 24.5 Å². The Balaban J connectivity index is 4.85. The minimum absolute atomic E-state index is 0.274. The second-order valence-electron chi connectivity index (χ2n) is 9.64. The summed E-state index contributed by atoms with van der Waals surface area (Å²) in [5.41, 5.74) is 0. The highest BCUT2D eigenvalue weighted by molar-refractivity contribution is 5.87. The van der Waals surface area contributed by atoms with Gasteiger partial charge in [0.05, 0.1) is 12.2 Å². The number of aliphatic hydroxyl groups is 8. The normalized spacial score (nSPS) is 18.5. The lowest BCUT2D eigenvalue weighted by Gasteiger charge is -2.30. The first kappa shape index (κ1) is 36.3. The number of aliphatic hydroxyl groups excluding tert-OH is 8. The molecule has 0 fully saturated rings. The molecule has 11 heteroatoms. The van der Waals surface area contributed by atoms with E-state index < -0.39 is 62.1 Å². The molecule has 8 unspecified atom stereocenters. The van der Waals surface area contributed by atoms with Crippen molar-refractivity contribution in [2.75, 3.05) is 13.2 Å². The van der Waals surface area contributed by atoms with Crippen LogP contribution >= 0.6 is 0 Å². The van der Waals surface area contributed by atoms with Crippen molar-refractivity contribution in [2.24, 2.45) is 0 Å². The van der Waals surface area contributed by atoms with E-state index in [-0.39, 0.29) is 18.9 Å². The zero-order valence-electron chi connectivity index (χ0n) is 22.5. The average Bonchev–Trinajstić information content (AvgIpc) is 2.88. The molecular formula is C26H52O11. The third-order valence-electron chi connectivity index (χ3n) is 6.36. The molecule has 0 heterocycles. The summed E-state index contributed by atoms with van der Waals surface area (Å²) in [4.78, 5) is 12.7. The van der Waals surface area contributed by atoms with Crippen molar-refractivity contribution in [1.82, 2.24) is 0 Å². The van der Waals surface area contributed by atoms with Gasteiger partial charge in [-0.25, -0.2) is 0 Å². The molecule has 0 aromatic heterocycles. The summed E-state index contributed by atoms with van der Waals surface area (Å²) >= 11 is 0. The van der Waals surface area contributed by atoms with Crippen LogP contribution in [0.5, 0.6) is 0 Å². The molecule has 0 saturated carbocycles. The molecule has 0 radical (unpaired) electrons. The maximum Gasteiger partial charge on any atom is 0.195 e. The molecule has 0 aliphatic rings. The van der Waals surface area contributed by atoms with E-state index in [9.17, 15) is 40.5 Å². The molecular weight excluding hydrogens is 488 g/mol. The SMILES string of the molecule is CCCCCCCCCCC(CCC)OC(O)C(O)C(=O)C(CCO)OC(O)C(O)C(O)C(O)CCO. The van der Waals surface area contributed by atoms with Gasteiger partial charge >= 0.3 is 0 Å². The molecule has 0 aliphatic heterocycles. The van der Waals surface area contributed by atoms with Crippen LogP contribution in [0.1, 0.15) is 97.3 Å². The minimum Gasteiger partial charge on any atom is -0.396 e. The average molecular weight is 541 g/mol. The second-order valence-corrected chi connectivity index (χ2v) is 9.64. The quantitative estimate of drug-likeness (QED) is 0.0593. The summed E-state index contributed by atoms with van der Waals surface area (Å²) < 4.78 is 10.6. The second kappa shape index (κ2) is 22.1. The molecule has 8 N–H and O–H groups in total. The number of ether oxygens (including phenoxy) is 2. The Labute approximate surface area is 221 Å². The van der Waals surface area contributed by atoms with Crippen molar-refractivity contribution in [3.8, 4) is 0 Å². The van der Waals surface area contributed by atoms with E-state index >= 15 is 0 Å². The lowest BCUT2D eigenvalue weighted by atomic mass is 10.0. The number of unbranched alkanes of at least 4 members (excludes halogenated alkanes) is 7. The van der Waals surface area contributed by atoms with Crippen LogP contribution < -0.4 is 0 Å². The number of ketones is 1. The van der Waals surface area contributed by atoms with Gasteiger partial charge in [-0.05, 0) is 19.3 Å². The highest BCUT2D eigenvalue weighted by Gasteiger charge is 2.37. The van der Waals surface area contributed by atoms with E-state index in [1.165, 1.54) is 32.1 Å².